The SMILES string of the molecule is CN(c1nc(C2CC2)ns1)C(C)(C)C(=O)O. The minimum atomic E-state index is -0.958. The average molecular weight is 241 g/mol. The van der Waals surface area contributed by atoms with Crippen molar-refractivity contribution >= 4 is 22.6 Å². The molecular formula is C10H15N3O2S. The second-order valence-corrected chi connectivity index (χ2v) is 5.36. The van der Waals surface area contributed by atoms with Crippen molar-refractivity contribution in [3.8, 4) is 0 Å². The number of carboxylic acids is 1. The molecule has 1 fully saturated rings. The Kier molecular flexibility index (Phi) is 2.61. The zero-order chi connectivity index (χ0) is 11.9. The van der Waals surface area contributed by atoms with Gasteiger partial charge < -0.3 is 10.0 Å². The number of carbonyl (C=O) groups is 1. The molecule has 0 bridgehead atoms. The molecule has 0 radical (unpaired) electrons. The maximum absolute atomic E-state index is 11.1. The molecule has 0 atom stereocenters. The highest BCUT2D eigenvalue weighted by molar-refractivity contribution is 7.09. The lowest BCUT2D eigenvalue weighted by Gasteiger charge is -2.30. The zero-order valence-corrected chi connectivity index (χ0v) is 10.4. The van der Waals surface area contributed by atoms with E-state index in [4.69, 9.17) is 5.11 Å². The minimum absolute atomic E-state index is 0.506. The Bertz CT molecular complexity index is 412. The molecule has 5 nitrogen and oxygen atoms in total. The predicted molar refractivity (Wildman–Crippen MR) is 62.0 cm³/mol. The van der Waals surface area contributed by atoms with Crippen molar-refractivity contribution in [1.29, 1.82) is 0 Å². The van der Waals surface area contributed by atoms with E-state index >= 15 is 0 Å². The maximum Gasteiger partial charge on any atom is 0.329 e. The van der Waals surface area contributed by atoms with E-state index in [9.17, 15) is 4.79 Å². The molecule has 0 amide bonds. The van der Waals surface area contributed by atoms with E-state index in [0.29, 0.717) is 11.0 Å². The van der Waals surface area contributed by atoms with Gasteiger partial charge in [-0.05, 0) is 26.7 Å². The normalized spacial score (nSPS) is 16.2. The van der Waals surface area contributed by atoms with Crippen LogP contribution in [0.3, 0.4) is 0 Å². The third-order valence-corrected chi connectivity index (χ3v) is 3.83. The molecule has 1 aromatic heterocycles. The van der Waals surface area contributed by atoms with E-state index in [1.165, 1.54) is 11.5 Å². The third-order valence-electron chi connectivity index (χ3n) is 3.02. The van der Waals surface area contributed by atoms with Gasteiger partial charge in [-0.1, -0.05) is 0 Å². The van der Waals surface area contributed by atoms with Crippen LogP contribution in [0.1, 0.15) is 38.4 Å². The van der Waals surface area contributed by atoms with Crippen molar-refractivity contribution in [1.82, 2.24) is 9.36 Å². The quantitative estimate of drug-likeness (QED) is 0.869. The van der Waals surface area contributed by atoms with Crippen molar-refractivity contribution in [3.63, 3.8) is 0 Å². The minimum Gasteiger partial charge on any atom is -0.480 e. The maximum atomic E-state index is 11.1. The number of aromatic nitrogens is 2. The van der Waals surface area contributed by atoms with Crippen LogP contribution in [0.2, 0.25) is 0 Å². The average Bonchev–Trinajstić information content (AvgIpc) is 2.95. The molecule has 0 aliphatic heterocycles. The van der Waals surface area contributed by atoms with Crippen molar-refractivity contribution in [2.24, 2.45) is 0 Å². The summed E-state index contributed by atoms with van der Waals surface area (Å²) in [6.07, 6.45) is 2.31. The Morgan fingerprint density at radius 2 is 2.19 bits per heavy atom. The van der Waals surface area contributed by atoms with Crippen LogP contribution in [0.15, 0.2) is 0 Å². The van der Waals surface area contributed by atoms with E-state index in [2.05, 4.69) is 9.36 Å². The Labute approximate surface area is 98.3 Å². The topological polar surface area (TPSA) is 66.3 Å². The van der Waals surface area contributed by atoms with E-state index in [1.807, 2.05) is 0 Å². The fraction of sp³-hybridized carbons (Fsp3) is 0.700. The lowest BCUT2D eigenvalue weighted by Crippen LogP contribution is -2.48. The zero-order valence-electron chi connectivity index (χ0n) is 9.60. The smallest absolute Gasteiger partial charge is 0.329 e. The summed E-state index contributed by atoms with van der Waals surface area (Å²) in [6, 6.07) is 0. The van der Waals surface area contributed by atoms with Crippen molar-refractivity contribution in [2.75, 3.05) is 11.9 Å². The lowest BCUT2D eigenvalue weighted by atomic mass is 10.1. The Morgan fingerprint density at radius 3 is 2.69 bits per heavy atom. The van der Waals surface area contributed by atoms with Crippen molar-refractivity contribution in [2.45, 2.75) is 38.1 Å². The number of aliphatic carboxylic acids is 1. The van der Waals surface area contributed by atoms with Gasteiger partial charge in [0.2, 0.25) is 5.13 Å². The molecule has 88 valence electrons. The van der Waals surface area contributed by atoms with E-state index < -0.39 is 11.5 Å². The first-order valence-corrected chi connectivity index (χ1v) is 6.01. The van der Waals surface area contributed by atoms with Crippen molar-refractivity contribution in [3.05, 3.63) is 5.82 Å². The molecule has 0 aromatic carbocycles. The molecule has 1 saturated carbocycles. The van der Waals surface area contributed by atoms with Gasteiger partial charge in [0.05, 0.1) is 0 Å². The van der Waals surface area contributed by atoms with Gasteiger partial charge in [0.25, 0.3) is 0 Å². The van der Waals surface area contributed by atoms with E-state index in [-0.39, 0.29) is 0 Å². The molecule has 0 saturated heterocycles. The van der Waals surface area contributed by atoms with Gasteiger partial charge in [0, 0.05) is 24.5 Å². The summed E-state index contributed by atoms with van der Waals surface area (Å²) in [6.45, 7) is 3.32. The van der Waals surface area contributed by atoms with Crippen LogP contribution in [-0.4, -0.2) is 33.0 Å². The summed E-state index contributed by atoms with van der Waals surface area (Å²) < 4.78 is 4.27. The highest BCUT2D eigenvalue weighted by Gasteiger charge is 2.35. The number of rotatable bonds is 4. The first-order chi connectivity index (χ1) is 7.43. The summed E-state index contributed by atoms with van der Waals surface area (Å²) in [5.74, 6) is 0.512. The van der Waals surface area contributed by atoms with Crippen LogP contribution in [0.5, 0.6) is 0 Å². The fourth-order valence-electron chi connectivity index (χ4n) is 1.25. The molecule has 6 heteroatoms. The molecule has 1 N–H and O–H groups in total. The summed E-state index contributed by atoms with van der Waals surface area (Å²) in [4.78, 5) is 17.2. The van der Waals surface area contributed by atoms with Gasteiger partial charge in [-0.25, -0.2) is 9.78 Å². The van der Waals surface area contributed by atoms with E-state index in [0.717, 1.165) is 18.7 Å². The molecule has 1 aliphatic carbocycles. The number of carboxylic acid groups (broad SMARTS) is 1. The monoisotopic (exact) mass is 241 g/mol. The largest absolute Gasteiger partial charge is 0.480 e. The number of hydrogen-bond acceptors (Lipinski definition) is 5. The summed E-state index contributed by atoms with van der Waals surface area (Å²) in [7, 11) is 1.74. The standard InChI is InChI=1S/C10H15N3O2S/c1-10(2,8(14)15)13(3)9-11-7(12-16-9)6-4-5-6/h6H,4-5H2,1-3H3,(H,14,15). The van der Waals surface area contributed by atoms with Crippen LogP contribution in [0.4, 0.5) is 5.13 Å². The summed E-state index contributed by atoms with van der Waals surface area (Å²) >= 11 is 1.27. The highest BCUT2D eigenvalue weighted by Crippen LogP contribution is 2.40. The third kappa shape index (κ3) is 1.89. The molecule has 1 heterocycles. The summed E-state index contributed by atoms with van der Waals surface area (Å²) in [5.41, 5.74) is -0.958. The van der Waals surface area contributed by atoms with Gasteiger partial charge in [-0.2, -0.15) is 4.37 Å². The van der Waals surface area contributed by atoms with Gasteiger partial charge in [-0.3, -0.25) is 0 Å². The van der Waals surface area contributed by atoms with E-state index in [1.54, 1.807) is 25.8 Å². The Hall–Kier alpha value is -1.17. The van der Waals surface area contributed by atoms with Crippen LogP contribution in [0, 0.1) is 0 Å². The molecule has 0 spiro atoms. The van der Waals surface area contributed by atoms with Crippen LogP contribution in [0.25, 0.3) is 0 Å². The first kappa shape index (κ1) is 11.3. The molecule has 1 aromatic rings. The Balaban J connectivity index is 2.19. The number of nitrogens with zero attached hydrogens (tertiary/aromatic N) is 3. The van der Waals surface area contributed by atoms with Crippen LogP contribution < -0.4 is 4.90 Å². The van der Waals surface area contributed by atoms with Crippen molar-refractivity contribution < 1.29 is 9.90 Å². The first-order valence-electron chi connectivity index (χ1n) is 5.23. The molecule has 1 aliphatic rings. The fourth-order valence-corrected chi connectivity index (χ4v) is 2.10. The Morgan fingerprint density at radius 1 is 1.56 bits per heavy atom. The molecule has 16 heavy (non-hydrogen) atoms. The number of hydrogen-bond donors (Lipinski definition) is 1. The highest BCUT2D eigenvalue weighted by atomic mass is 32.1. The molecule has 2 rings (SSSR count). The number of anilines is 1. The number of likely N-dealkylation sites (N-methyl/N-ethyl adjacent to an activating group) is 1. The van der Waals surface area contributed by atoms with Gasteiger partial charge in [-0.15, -0.1) is 0 Å². The predicted octanol–water partition coefficient (Wildman–Crippen LogP) is 1.71. The lowest BCUT2D eigenvalue weighted by molar-refractivity contribution is -0.142. The van der Waals surface area contributed by atoms with Crippen LogP contribution >= 0.6 is 11.5 Å². The van der Waals surface area contributed by atoms with Crippen LogP contribution in [-0.2, 0) is 4.79 Å². The summed E-state index contributed by atoms with van der Waals surface area (Å²) in [5, 5.41) is 9.79. The second-order valence-electron chi connectivity index (χ2n) is 4.63. The van der Waals surface area contributed by atoms with Gasteiger partial charge in [0.1, 0.15) is 11.4 Å². The second kappa shape index (κ2) is 3.69. The van der Waals surface area contributed by atoms with Gasteiger partial charge in [0.15, 0.2) is 0 Å². The van der Waals surface area contributed by atoms with Gasteiger partial charge >= 0.3 is 5.97 Å². The molecular weight excluding hydrogens is 226 g/mol. The molecule has 0 unspecified atom stereocenters.